The van der Waals surface area contributed by atoms with E-state index in [1.807, 2.05) is 23.9 Å². The molecular formula is C15H22N4OS. The van der Waals surface area contributed by atoms with E-state index in [9.17, 15) is 0 Å². The van der Waals surface area contributed by atoms with Gasteiger partial charge in [-0.1, -0.05) is 0 Å². The highest BCUT2D eigenvalue weighted by molar-refractivity contribution is 7.99. The molecule has 1 aliphatic carbocycles. The van der Waals surface area contributed by atoms with Crippen LogP contribution in [0.5, 0.6) is 5.88 Å². The molecule has 0 atom stereocenters. The zero-order valence-corrected chi connectivity index (χ0v) is 13.0. The van der Waals surface area contributed by atoms with Gasteiger partial charge in [-0.15, -0.1) is 0 Å². The lowest BCUT2D eigenvalue weighted by Gasteiger charge is -2.27. The Morgan fingerprint density at radius 1 is 1.43 bits per heavy atom. The van der Waals surface area contributed by atoms with Crippen LogP contribution in [0.15, 0.2) is 23.3 Å². The van der Waals surface area contributed by atoms with E-state index >= 15 is 0 Å². The van der Waals surface area contributed by atoms with Gasteiger partial charge < -0.3 is 15.4 Å². The molecule has 1 aromatic rings. The summed E-state index contributed by atoms with van der Waals surface area (Å²) >= 11 is 1.97. The van der Waals surface area contributed by atoms with E-state index in [1.54, 1.807) is 6.20 Å². The van der Waals surface area contributed by atoms with Crippen molar-refractivity contribution < 1.29 is 4.74 Å². The van der Waals surface area contributed by atoms with Crippen molar-refractivity contribution >= 4 is 17.7 Å². The molecule has 6 heteroatoms. The van der Waals surface area contributed by atoms with E-state index in [0.29, 0.717) is 18.4 Å². The molecule has 0 unspecified atom stereocenters. The minimum Gasteiger partial charge on any atom is -0.477 e. The van der Waals surface area contributed by atoms with E-state index in [0.717, 1.165) is 42.7 Å². The predicted molar refractivity (Wildman–Crippen MR) is 86.7 cm³/mol. The van der Waals surface area contributed by atoms with Crippen molar-refractivity contribution in [2.24, 2.45) is 16.6 Å². The molecule has 1 saturated heterocycles. The van der Waals surface area contributed by atoms with E-state index in [2.05, 4.69) is 14.9 Å². The number of thioether (sulfide) groups is 1. The molecule has 0 aromatic carbocycles. The number of aromatic nitrogens is 1. The second-order valence-electron chi connectivity index (χ2n) is 5.53. The maximum absolute atomic E-state index is 6.06. The summed E-state index contributed by atoms with van der Waals surface area (Å²) in [5.41, 5.74) is 7.15. The molecule has 2 heterocycles. The number of hydrogen-bond acceptors (Lipinski definition) is 4. The topological polar surface area (TPSA) is 63.7 Å². The molecule has 0 radical (unpaired) electrons. The van der Waals surface area contributed by atoms with E-state index in [4.69, 9.17) is 10.5 Å². The first-order chi connectivity index (χ1) is 10.3. The Kier molecular flexibility index (Phi) is 4.85. The predicted octanol–water partition coefficient (Wildman–Crippen LogP) is 1.73. The van der Waals surface area contributed by atoms with Gasteiger partial charge in [0.1, 0.15) is 0 Å². The summed E-state index contributed by atoms with van der Waals surface area (Å²) in [6.45, 7) is 3.35. The molecule has 5 nitrogen and oxygen atoms in total. The normalized spacial score (nSPS) is 19.6. The first kappa shape index (κ1) is 14.5. The molecule has 1 aromatic heterocycles. The fourth-order valence-electron chi connectivity index (χ4n) is 2.18. The Bertz CT molecular complexity index is 498. The van der Waals surface area contributed by atoms with E-state index < -0.39 is 0 Å². The van der Waals surface area contributed by atoms with Crippen LogP contribution in [0.4, 0.5) is 0 Å². The van der Waals surface area contributed by atoms with Gasteiger partial charge in [0, 0.05) is 36.9 Å². The largest absolute Gasteiger partial charge is 0.477 e. The highest BCUT2D eigenvalue weighted by Crippen LogP contribution is 2.29. The average Bonchev–Trinajstić information content (AvgIpc) is 3.36. The van der Waals surface area contributed by atoms with Crippen LogP contribution in [-0.4, -0.2) is 47.0 Å². The first-order valence-electron chi connectivity index (χ1n) is 7.51. The fraction of sp³-hybridized carbons (Fsp3) is 0.600. The summed E-state index contributed by atoms with van der Waals surface area (Å²) in [5, 5.41) is 0. The van der Waals surface area contributed by atoms with Crippen LogP contribution in [0.2, 0.25) is 0 Å². The second kappa shape index (κ2) is 7.02. The number of nitrogens with zero attached hydrogens (tertiary/aromatic N) is 3. The molecule has 114 valence electrons. The van der Waals surface area contributed by atoms with Crippen LogP contribution < -0.4 is 10.5 Å². The molecule has 1 saturated carbocycles. The number of ether oxygens (including phenoxy) is 1. The number of guanidine groups is 1. The third-order valence-electron chi connectivity index (χ3n) is 3.72. The molecule has 2 N–H and O–H groups in total. The average molecular weight is 306 g/mol. The Hall–Kier alpha value is -1.43. The van der Waals surface area contributed by atoms with Crippen LogP contribution in [0, 0.1) is 5.92 Å². The Morgan fingerprint density at radius 2 is 2.24 bits per heavy atom. The van der Waals surface area contributed by atoms with Gasteiger partial charge in [0.25, 0.3) is 0 Å². The van der Waals surface area contributed by atoms with Crippen molar-refractivity contribution in [3.05, 3.63) is 23.9 Å². The van der Waals surface area contributed by atoms with Crippen molar-refractivity contribution in [2.75, 3.05) is 31.2 Å². The van der Waals surface area contributed by atoms with Crippen molar-refractivity contribution in [2.45, 2.75) is 19.4 Å². The molecule has 1 aliphatic heterocycles. The standard InChI is InChI=1S/C15H22N4OS/c16-15(19-5-7-21-8-6-19)18-10-13-3-4-17-14(9-13)20-11-12-1-2-12/h3-4,9,12H,1-2,5-8,10-11H2,(H2,16,18). The third-order valence-corrected chi connectivity index (χ3v) is 4.66. The van der Waals surface area contributed by atoms with E-state index in [1.165, 1.54) is 12.8 Å². The molecule has 2 fully saturated rings. The lowest BCUT2D eigenvalue weighted by molar-refractivity contribution is 0.288. The quantitative estimate of drug-likeness (QED) is 0.663. The summed E-state index contributed by atoms with van der Waals surface area (Å²) in [6, 6.07) is 3.93. The van der Waals surface area contributed by atoms with Gasteiger partial charge in [0.15, 0.2) is 5.96 Å². The number of pyridine rings is 1. The number of nitrogens with two attached hydrogens (primary N) is 1. The van der Waals surface area contributed by atoms with Gasteiger partial charge in [-0.05, 0) is 30.4 Å². The molecule has 21 heavy (non-hydrogen) atoms. The van der Waals surface area contributed by atoms with Gasteiger partial charge in [-0.3, -0.25) is 0 Å². The van der Waals surface area contributed by atoms with Crippen molar-refractivity contribution in [1.82, 2.24) is 9.88 Å². The van der Waals surface area contributed by atoms with Gasteiger partial charge >= 0.3 is 0 Å². The van der Waals surface area contributed by atoms with Crippen LogP contribution in [0.1, 0.15) is 18.4 Å². The lowest BCUT2D eigenvalue weighted by Crippen LogP contribution is -2.42. The molecule has 2 aliphatic rings. The van der Waals surface area contributed by atoms with Gasteiger partial charge in [0.2, 0.25) is 5.88 Å². The van der Waals surface area contributed by atoms with E-state index in [-0.39, 0.29) is 0 Å². The maximum atomic E-state index is 6.06. The van der Waals surface area contributed by atoms with Gasteiger partial charge in [-0.25, -0.2) is 9.98 Å². The molecule has 0 amide bonds. The monoisotopic (exact) mass is 306 g/mol. The van der Waals surface area contributed by atoms with Gasteiger partial charge in [-0.2, -0.15) is 11.8 Å². The smallest absolute Gasteiger partial charge is 0.213 e. The van der Waals surface area contributed by atoms with Crippen molar-refractivity contribution in [3.8, 4) is 5.88 Å². The molecule has 0 spiro atoms. The molecular weight excluding hydrogens is 284 g/mol. The second-order valence-corrected chi connectivity index (χ2v) is 6.76. The highest BCUT2D eigenvalue weighted by Gasteiger charge is 2.22. The summed E-state index contributed by atoms with van der Waals surface area (Å²) < 4.78 is 5.69. The Morgan fingerprint density at radius 3 is 3.00 bits per heavy atom. The fourth-order valence-corrected chi connectivity index (χ4v) is 3.08. The zero-order valence-electron chi connectivity index (χ0n) is 12.2. The van der Waals surface area contributed by atoms with Gasteiger partial charge in [0.05, 0.1) is 13.2 Å². The first-order valence-corrected chi connectivity index (χ1v) is 8.67. The number of rotatable bonds is 5. The Labute approximate surface area is 130 Å². The summed E-state index contributed by atoms with van der Waals surface area (Å²) in [7, 11) is 0. The van der Waals surface area contributed by atoms with Crippen molar-refractivity contribution in [1.29, 1.82) is 0 Å². The highest BCUT2D eigenvalue weighted by atomic mass is 32.2. The summed E-state index contributed by atoms with van der Waals surface area (Å²) in [4.78, 5) is 10.9. The summed E-state index contributed by atoms with van der Waals surface area (Å²) in [5.74, 6) is 4.34. The lowest BCUT2D eigenvalue weighted by atomic mass is 10.3. The van der Waals surface area contributed by atoms with Crippen LogP contribution >= 0.6 is 11.8 Å². The van der Waals surface area contributed by atoms with Crippen LogP contribution in [0.3, 0.4) is 0 Å². The third kappa shape index (κ3) is 4.52. The number of aliphatic imine (C=N–C) groups is 1. The minimum atomic E-state index is 0.581. The SMILES string of the molecule is NC(=NCc1ccnc(OCC2CC2)c1)N1CCSCC1. The molecule has 3 rings (SSSR count). The van der Waals surface area contributed by atoms with Crippen LogP contribution in [0.25, 0.3) is 0 Å². The zero-order chi connectivity index (χ0) is 14.5. The van der Waals surface area contributed by atoms with Crippen molar-refractivity contribution in [3.63, 3.8) is 0 Å². The Balaban J connectivity index is 1.54. The van der Waals surface area contributed by atoms with Crippen LogP contribution in [-0.2, 0) is 6.54 Å². The molecule has 0 bridgehead atoms. The summed E-state index contributed by atoms with van der Waals surface area (Å²) in [6.07, 6.45) is 4.35. The maximum Gasteiger partial charge on any atom is 0.213 e. The number of hydrogen-bond donors (Lipinski definition) is 1. The minimum absolute atomic E-state index is 0.581.